The maximum absolute atomic E-state index is 12.1. The van der Waals surface area contributed by atoms with Gasteiger partial charge in [-0.05, 0) is 30.7 Å². The highest BCUT2D eigenvalue weighted by atomic mass is 16.5. The van der Waals surface area contributed by atoms with Gasteiger partial charge in [0.05, 0.1) is 12.7 Å². The Bertz CT molecular complexity index is 539. The molecule has 1 aliphatic rings. The fraction of sp³-hybridized carbons (Fsp3) is 0.529. The number of nitrogens with zero attached hydrogens (tertiary/aromatic N) is 2. The topological polar surface area (TPSA) is 71.1 Å². The normalized spacial score (nSPS) is 14.4. The quantitative estimate of drug-likeness (QED) is 0.627. The molecule has 1 aliphatic heterocycles. The number of hydrogen-bond acceptors (Lipinski definition) is 5. The molecule has 1 heterocycles. The summed E-state index contributed by atoms with van der Waals surface area (Å²) in [5.74, 6) is -0.337. The molecule has 2 amide bonds. The fourth-order valence-electron chi connectivity index (χ4n) is 2.62. The number of ether oxygens (including phenoxy) is 2. The van der Waals surface area contributed by atoms with E-state index in [2.05, 4.69) is 10.2 Å². The van der Waals surface area contributed by atoms with Crippen LogP contribution in [0.5, 0.6) is 0 Å². The van der Waals surface area contributed by atoms with Crippen LogP contribution in [0.25, 0.3) is 0 Å². The molecule has 1 fully saturated rings. The van der Waals surface area contributed by atoms with Crippen LogP contribution in [0.3, 0.4) is 0 Å². The van der Waals surface area contributed by atoms with Crippen LogP contribution in [-0.2, 0) is 9.47 Å². The van der Waals surface area contributed by atoms with Crippen LogP contribution in [0.4, 0.5) is 10.5 Å². The molecule has 1 aromatic rings. The summed E-state index contributed by atoms with van der Waals surface area (Å²) in [6.45, 7) is 4.16. The summed E-state index contributed by atoms with van der Waals surface area (Å²) in [7, 11) is 3.02. The van der Waals surface area contributed by atoms with E-state index in [-0.39, 0.29) is 12.0 Å². The third-order valence-electron chi connectivity index (χ3n) is 4.02. The van der Waals surface area contributed by atoms with Crippen molar-refractivity contribution in [2.24, 2.45) is 0 Å². The van der Waals surface area contributed by atoms with Crippen molar-refractivity contribution in [2.75, 3.05) is 58.5 Å². The Balaban J connectivity index is 1.79. The first kappa shape index (κ1) is 18.1. The first-order chi connectivity index (χ1) is 11.7. The van der Waals surface area contributed by atoms with Gasteiger partial charge in [-0.1, -0.05) is 0 Å². The number of methoxy groups -OCH3 is 2. The molecule has 7 heteroatoms. The predicted molar refractivity (Wildman–Crippen MR) is 91.5 cm³/mol. The molecule has 2 rings (SSSR count). The van der Waals surface area contributed by atoms with E-state index < -0.39 is 0 Å². The summed E-state index contributed by atoms with van der Waals surface area (Å²) in [6, 6.07) is 7.32. The van der Waals surface area contributed by atoms with Crippen molar-refractivity contribution in [3.8, 4) is 0 Å². The summed E-state index contributed by atoms with van der Waals surface area (Å²) >= 11 is 0. The lowest BCUT2D eigenvalue weighted by Crippen LogP contribution is -2.52. The highest BCUT2D eigenvalue weighted by Gasteiger charge is 2.21. The van der Waals surface area contributed by atoms with Gasteiger partial charge < -0.3 is 24.6 Å². The second kappa shape index (κ2) is 9.12. The van der Waals surface area contributed by atoms with E-state index in [4.69, 9.17) is 9.47 Å². The molecule has 1 N–H and O–H groups in total. The smallest absolute Gasteiger partial charge is 0.337 e. The van der Waals surface area contributed by atoms with Crippen molar-refractivity contribution < 1.29 is 19.1 Å². The van der Waals surface area contributed by atoms with Crippen molar-refractivity contribution in [2.45, 2.75) is 6.42 Å². The van der Waals surface area contributed by atoms with Crippen LogP contribution in [0.15, 0.2) is 24.3 Å². The first-order valence-electron chi connectivity index (χ1n) is 8.10. The Morgan fingerprint density at radius 2 is 1.75 bits per heavy atom. The van der Waals surface area contributed by atoms with Crippen molar-refractivity contribution in [3.63, 3.8) is 0 Å². The molecule has 0 aliphatic carbocycles. The molecule has 0 unspecified atom stereocenters. The molecular formula is C17H25N3O4. The van der Waals surface area contributed by atoms with Crippen LogP contribution in [0.2, 0.25) is 0 Å². The number of hydrogen-bond donors (Lipinski definition) is 1. The summed E-state index contributed by atoms with van der Waals surface area (Å²) in [6.07, 6.45) is 0.814. The van der Waals surface area contributed by atoms with Crippen molar-refractivity contribution in [1.82, 2.24) is 10.2 Å². The molecule has 1 aromatic carbocycles. The zero-order valence-corrected chi connectivity index (χ0v) is 14.3. The molecule has 24 heavy (non-hydrogen) atoms. The van der Waals surface area contributed by atoms with Gasteiger partial charge in [0.1, 0.15) is 0 Å². The van der Waals surface area contributed by atoms with Gasteiger partial charge in [-0.2, -0.15) is 0 Å². The van der Waals surface area contributed by atoms with Gasteiger partial charge in [-0.15, -0.1) is 0 Å². The Morgan fingerprint density at radius 3 is 2.33 bits per heavy atom. The van der Waals surface area contributed by atoms with Crippen LogP contribution in [0.1, 0.15) is 16.8 Å². The monoisotopic (exact) mass is 335 g/mol. The van der Waals surface area contributed by atoms with Gasteiger partial charge in [-0.25, -0.2) is 9.59 Å². The number of nitrogens with one attached hydrogen (secondary N) is 1. The van der Waals surface area contributed by atoms with Gasteiger partial charge in [0, 0.05) is 52.1 Å². The molecule has 1 saturated heterocycles. The number of benzene rings is 1. The van der Waals surface area contributed by atoms with Crippen LogP contribution >= 0.6 is 0 Å². The van der Waals surface area contributed by atoms with Crippen LogP contribution < -0.4 is 10.2 Å². The number of piperazine rings is 1. The molecular weight excluding hydrogens is 310 g/mol. The lowest BCUT2D eigenvalue weighted by molar-refractivity contribution is 0.0600. The third kappa shape index (κ3) is 4.86. The van der Waals surface area contributed by atoms with Crippen LogP contribution in [0, 0.1) is 0 Å². The number of anilines is 1. The number of esters is 1. The second-order valence-electron chi connectivity index (χ2n) is 5.59. The van der Waals surface area contributed by atoms with E-state index in [0.29, 0.717) is 31.8 Å². The van der Waals surface area contributed by atoms with Crippen LogP contribution in [-0.4, -0.2) is 70.5 Å². The minimum Gasteiger partial charge on any atom is -0.465 e. The molecule has 0 saturated carbocycles. The van der Waals surface area contributed by atoms with Gasteiger partial charge >= 0.3 is 12.0 Å². The average Bonchev–Trinajstić information content (AvgIpc) is 2.64. The van der Waals surface area contributed by atoms with E-state index in [1.54, 1.807) is 19.2 Å². The van der Waals surface area contributed by atoms with E-state index in [1.807, 2.05) is 17.0 Å². The minimum atomic E-state index is -0.337. The summed E-state index contributed by atoms with van der Waals surface area (Å²) in [5.41, 5.74) is 1.58. The first-order valence-corrected chi connectivity index (χ1v) is 8.10. The van der Waals surface area contributed by atoms with E-state index in [9.17, 15) is 9.59 Å². The summed E-state index contributed by atoms with van der Waals surface area (Å²) < 4.78 is 9.66. The second-order valence-corrected chi connectivity index (χ2v) is 5.59. The summed E-state index contributed by atoms with van der Waals surface area (Å²) in [5, 5.41) is 2.91. The standard InChI is InChI=1S/C17H25N3O4/c1-23-13-3-8-18-17(22)20-11-9-19(10-12-20)15-6-4-14(5-7-15)16(21)24-2/h4-7H,3,8-13H2,1-2H3,(H,18,22). The van der Waals surface area contributed by atoms with Gasteiger partial charge in [0.2, 0.25) is 0 Å². The molecule has 7 nitrogen and oxygen atoms in total. The van der Waals surface area contributed by atoms with Gasteiger partial charge in [0.15, 0.2) is 0 Å². The largest absolute Gasteiger partial charge is 0.465 e. The predicted octanol–water partition coefficient (Wildman–Crippen LogP) is 1.34. The Kier molecular flexibility index (Phi) is 6.87. The lowest BCUT2D eigenvalue weighted by Gasteiger charge is -2.36. The average molecular weight is 335 g/mol. The molecule has 0 radical (unpaired) electrons. The summed E-state index contributed by atoms with van der Waals surface area (Å²) in [4.78, 5) is 27.5. The molecule has 0 aromatic heterocycles. The Hall–Kier alpha value is -2.28. The molecule has 132 valence electrons. The Labute approximate surface area is 142 Å². The lowest BCUT2D eigenvalue weighted by atomic mass is 10.2. The number of carbonyl (C=O) groups is 2. The number of carbonyl (C=O) groups excluding carboxylic acids is 2. The van der Waals surface area contributed by atoms with Crippen molar-refractivity contribution in [3.05, 3.63) is 29.8 Å². The SMILES string of the molecule is COCCCNC(=O)N1CCN(c2ccc(C(=O)OC)cc2)CC1. The minimum absolute atomic E-state index is 0.0215. The van der Waals surface area contributed by atoms with E-state index >= 15 is 0 Å². The van der Waals surface area contributed by atoms with E-state index in [1.165, 1.54) is 7.11 Å². The molecule has 0 bridgehead atoms. The number of rotatable bonds is 6. The zero-order chi connectivity index (χ0) is 17.4. The zero-order valence-electron chi connectivity index (χ0n) is 14.3. The highest BCUT2D eigenvalue weighted by Crippen LogP contribution is 2.17. The number of urea groups is 1. The molecule has 0 atom stereocenters. The maximum Gasteiger partial charge on any atom is 0.337 e. The molecule has 0 spiro atoms. The number of amides is 2. The third-order valence-corrected chi connectivity index (χ3v) is 4.02. The van der Waals surface area contributed by atoms with Gasteiger partial charge in [0.25, 0.3) is 0 Å². The van der Waals surface area contributed by atoms with E-state index in [0.717, 1.165) is 25.2 Å². The van der Waals surface area contributed by atoms with Crippen molar-refractivity contribution in [1.29, 1.82) is 0 Å². The highest BCUT2D eigenvalue weighted by molar-refractivity contribution is 5.89. The fourth-order valence-corrected chi connectivity index (χ4v) is 2.62. The Morgan fingerprint density at radius 1 is 1.08 bits per heavy atom. The maximum atomic E-state index is 12.1. The van der Waals surface area contributed by atoms with Crippen molar-refractivity contribution >= 4 is 17.7 Å². The van der Waals surface area contributed by atoms with Gasteiger partial charge in [-0.3, -0.25) is 0 Å².